The van der Waals surface area contributed by atoms with Crippen LogP contribution in [0.15, 0.2) is 0 Å². The van der Waals surface area contributed by atoms with Gasteiger partial charge in [-0.2, -0.15) is 0 Å². The highest BCUT2D eigenvalue weighted by molar-refractivity contribution is 4.99. The highest BCUT2D eigenvalue weighted by Crippen LogP contribution is 2.60. The lowest BCUT2D eigenvalue weighted by atomic mass is 9.50. The van der Waals surface area contributed by atoms with Crippen LogP contribution in [-0.2, 0) is 0 Å². The monoisotopic (exact) mass is 947 g/mol. The molecule has 1 spiro atoms. The quantitative estimate of drug-likeness (QED) is 0.164. The molecule has 8 aliphatic carbocycles. The predicted molar refractivity (Wildman–Crippen MR) is 290 cm³/mol. The number of aliphatic hydroxyl groups excluding tert-OH is 5. The second-order valence-corrected chi connectivity index (χ2v) is 26.5. The molecular weight excluding hydrogens is 825 g/mol. The maximum Gasteiger partial charge on any atom is 0.0571 e. The first-order valence-electron chi connectivity index (χ1n) is 30.0. The summed E-state index contributed by atoms with van der Waals surface area (Å²) in [6.07, 6.45) is 36.7. The molecule has 67 heavy (non-hydrogen) atoms. The van der Waals surface area contributed by atoms with Crippen LogP contribution in [0.1, 0.15) is 277 Å². The summed E-state index contributed by atoms with van der Waals surface area (Å²) in [6.45, 7) is 31.5. The Bertz CT molecular complexity index is 1150. The number of rotatable bonds is 7. The Morgan fingerprint density at radius 2 is 0.522 bits per heavy atom. The van der Waals surface area contributed by atoms with Gasteiger partial charge in [0, 0.05) is 0 Å². The summed E-state index contributed by atoms with van der Waals surface area (Å²) in [5.41, 5.74) is 0.898. The Morgan fingerprint density at radius 3 is 0.761 bits per heavy atom. The highest BCUT2D eigenvalue weighted by atomic mass is 16.3. The highest BCUT2D eigenvalue weighted by Gasteiger charge is 2.48. The molecule has 0 heterocycles. The zero-order chi connectivity index (χ0) is 50.3. The first kappa shape index (κ1) is 62.9. The Kier molecular flexibility index (Phi) is 31.5. The maximum atomic E-state index is 9.72. The molecule has 0 aromatic heterocycles. The smallest absolute Gasteiger partial charge is 0.0571 e. The molecule has 0 bridgehead atoms. The molecule has 0 amide bonds. The molecule has 8 aliphatic rings. The van der Waals surface area contributed by atoms with Crippen LogP contribution in [-0.4, -0.2) is 56.1 Å². The van der Waals surface area contributed by atoms with E-state index in [1.807, 2.05) is 0 Å². The van der Waals surface area contributed by atoms with Gasteiger partial charge >= 0.3 is 0 Å². The number of hydrogen-bond acceptors (Lipinski definition) is 5. The zero-order valence-corrected chi connectivity index (χ0v) is 47.5. The van der Waals surface area contributed by atoms with Crippen molar-refractivity contribution in [1.82, 2.24) is 0 Å². The first-order valence-corrected chi connectivity index (χ1v) is 30.0. The lowest BCUT2D eigenvalue weighted by molar-refractivity contribution is -0.0435. The second-order valence-electron chi connectivity index (χ2n) is 26.5. The molecule has 5 N–H and O–H groups in total. The summed E-state index contributed by atoms with van der Waals surface area (Å²) in [4.78, 5) is 0. The molecule has 0 aromatic rings. The van der Waals surface area contributed by atoms with E-state index in [2.05, 4.69) is 96.9 Å². The molecule has 5 unspecified atom stereocenters. The van der Waals surface area contributed by atoms with E-state index in [-0.39, 0.29) is 30.5 Å². The van der Waals surface area contributed by atoms with Crippen molar-refractivity contribution >= 4 is 0 Å². The molecule has 8 rings (SSSR count). The van der Waals surface area contributed by atoms with Gasteiger partial charge in [-0.05, 0) is 178 Å². The average molecular weight is 948 g/mol. The molecule has 5 nitrogen and oxygen atoms in total. The van der Waals surface area contributed by atoms with E-state index in [1.165, 1.54) is 122 Å². The van der Waals surface area contributed by atoms with Crippen molar-refractivity contribution < 1.29 is 25.5 Å². The average Bonchev–Trinajstić information content (AvgIpc) is 3.55. The maximum absolute atomic E-state index is 9.72. The van der Waals surface area contributed by atoms with Gasteiger partial charge in [0.1, 0.15) is 0 Å². The molecule has 8 saturated carbocycles. The van der Waals surface area contributed by atoms with Crippen molar-refractivity contribution in [2.75, 3.05) is 0 Å². The fourth-order valence-corrected chi connectivity index (χ4v) is 13.4. The molecule has 0 aliphatic heterocycles. The third kappa shape index (κ3) is 23.5. The number of hydrogen-bond donors (Lipinski definition) is 5. The Hall–Kier alpha value is -0.200. The van der Waals surface area contributed by atoms with Crippen LogP contribution in [0.25, 0.3) is 0 Å². The fraction of sp³-hybridized carbons (Fsp3) is 1.00. The standard InChI is InChI=1S/C10H20O.C10H18.2C9H18O.C9H18.C8H16O.C7H14O/c1-8(2)9-6-4-3-5-7-10(9)11;1-8(2)9-6-10(7-9)4-3-5-10;2*1-7(2)8-5-3-4-6-9(8)10;1-8(2)9-6-4-3-5-7-9;1-6(2)7-4-3-5-8(7)9;1-5(2)6-3-4-7(6)8/h8-11H,3-7H2,1-2H3;8-9H,3-7H2,1-2H3;2*7-10H,3-6H2,1-2H3;8-9H,3-7H2,1-2H3;6-9H,3-5H2,1-2H3;5-8H,3-4H2,1-2H3/t9?,10-;;2*8?,9-;;7?,8-;6?,7-/m1.11.11/s1. The molecule has 8 fully saturated rings. The molecule has 5 heteroatoms. The van der Waals surface area contributed by atoms with Gasteiger partial charge in [0.25, 0.3) is 0 Å². The molecule has 0 aromatic carbocycles. The van der Waals surface area contributed by atoms with Gasteiger partial charge in [0.2, 0.25) is 0 Å². The van der Waals surface area contributed by atoms with Crippen molar-refractivity contribution in [3.05, 3.63) is 0 Å². The molecule has 400 valence electrons. The summed E-state index contributed by atoms with van der Waals surface area (Å²) in [5, 5.41) is 47.2. The SMILES string of the molecule is CC(C)C1CC2(CCC2)C1.CC(C)C1CCCCC1.CC(C)C1CCCCC[C@H]1O.CC(C)C1CCCC[C@H]1O.CC(C)C1CCCC[C@H]1O.CC(C)C1CCC[C@H]1O.CC(C)C1CC[C@H]1O. The van der Waals surface area contributed by atoms with E-state index in [1.54, 1.807) is 25.7 Å². The van der Waals surface area contributed by atoms with Gasteiger partial charge in [-0.1, -0.05) is 187 Å². The van der Waals surface area contributed by atoms with Gasteiger partial charge in [-0.3, -0.25) is 0 Å². The summed E-state index contributed by atoms with van der Waals surface area (Å²) in [5.74, 6) is 10.3. The predicted octanol–water partition coefficient (Wildman–Crippen LogP) is 16.6. The van der Waals surface area contributed by atoms with Gasteiger partial charge < -0.3 is 25.5 Å². The largest absolute Gasteiger partial charge is 0.393 e. The summed E-state index contributed by atoms with van der Waals surface area (Å²) < 4.78 is 0. The van der Waals surface area contributed by atoms with E-state index in [9.17, 15) is 20.4 Å². The van der Waals surface area contributed by atoms with Gasteiger partial charge in [0.15, 0.2) is 0 Å². The summed E-state index contributed by atoms with van der Waals surface area (Å²) >= 11 is 0. The van der Waals surface area contributed by atoms with Gasteiger partial charge in [-0.25, -0.2) is 0 Å². The lowest BCUT2D eigenvalue weighted by Gasteiger charge is -2.55. The van der Waals surface area contributed by atoms with Crippen molar-refractivity contribution in [1.29, 1.82) is 0 Å². The van der Waals surface area contributed by atoms with Crippen molar-refractivity contribution in [2.45, 2.75) is 307 Å². The summed E-state index contributed by atoms with van der Waals surface area (Å²) in [7, 11) is 0. The molecular formula is C62H122O5. The van der Waals surface area contributed by atoms with Gasteiger partial charge in [-0.15, -0.1) is 0 Å². The van der Waals surface area contributed by atoms with E-state index < -0.39 is 0 Å². The Morgan fingerprint density at radius 1 is 0.254 bits per heavy atom. The van der Waals surface area contributed by atoms with Crippen LogP contribution >= 0.6 is 0 Å². The van der Waals surface area contributed by atoms with Crippen LogP contribution in [0.2, 0.25) is 0 Å². The van der Waals surface area contributed by atoms with Crippen LogP contribution < -0.4 is 0 Å². The first-order chi connectivity index (χ1) is 31.6. The molecule has 0 radical (unpaired) electrons. The van der Waals surface area contributed by atoms with Gasteiger partial charge in [0.05, 0.1) is 30.5 Å². The number of aliphatic hydroxyl groups is 5. The van der Waals surface area contributed by atoms with E-state index in [0.717, 1.165) is 61.2 Å². The summed E-state index contributed by atoms with van der Waals surface area (Å²) in [6, 6.07) is 0. The second kappa shape index (κ2) is 33.5. The zero-order valence-electron chi connectivity index (χ0n) is 47.5. The molecule has 0 saturated heterocycles. The topological polar surface area (TPSA) is 101 Å². The van der Waals surface area contributed by atoms with E-state index in [4.69, 9.17) is 5.11 Å². The van der Waals surface area contributed by atoms with Crippen LogP contribution in [0, 0.1) is 88.3 Å². The normalized spacial score (nSPS) is 32.9. The van der Waals surface area contributed by atoms with Crippen LogP contribution in [0.5, 0.6) is 0 Å². The Labute approximate surface area is 419 Å². The minimum atomic E-state index is -0.0162. The van der Waals surface area contributed by atoms with Crippen LogP contribution in [0.4, 0.5) is 0 Å². The lowest BCUT2D eigenvalue weighted by Crippen LogP contribution is -2.44. The van der Waals surface area contributed by atoms with Crippen molar-refractivity contribution in [2.24, 2.45) is 88.3 Å². The minimum absolute atomic E-state index is 0.00463. The van der Waals surface area contributed by atoms with E-state index in [0.29, 0.717) is 59.2 Å². The third-order valence-corrected chi connectivity index (χ3v) is 19.0. The van der Waals surface area contributed by atoms with Crippen molar-refractivity contribution in [3.63, 3.8) is 0 Å². The fourth-order valence-electron chi connectivity index (χ4n) is 13.4. The minimum Gasteiger partial charge on any atom is -0.393 e. The van der Waals surface area contributed by atoms with Crippen molar-refractivity contribution in [3.8, 4) is 0 Å². The Balaban J connectivity index is 0.000000269. The molecule has 10 atom stereocenters. The third-order valence-electron chi connectivity index (χ3n) is 19.0. The van der Waals surface area contributed by atoms with Crippen LogP contribution in [0.3, 0.4) is 0 Å². The van der Waals surface area contributed by atoms with E-state index >= 15 is 0 Å².